The van der Waals surface area contributed by atoms with Crippen molar-refractivity contribution in [1.82, 2.24) is 4.90 Å². The Kier molecular flexibility index (Phi) is 6.23. The molecule has 0 atom stereocenters. The molecule has 116 valence electrons. The number of carboxylic acid groups (broad SMARTS) is 1. The summed E-state index contributed by atoms with van der Waals surface area (Å²) in [4.78, 5) is 24.0. The first-order valence-electron chi connectivity index (χ1n) is 6.47. The number of carboxylic acids is 1. The predicted octanol–water partition coefficient (Wildman–Crippen LogP) is 1.95. The fourth-order valence-corrected chi connectivity index (χ4v) is 1.88. The Hall–Kier alpha value is -2.02. The molecule has 0 aliphatic rings. The van der Waals surface area contributed by atoms with E-state index in [4.69, 9.17) is 5.11 Å². The molecule has 0 saturated carbocycles. The summed E-state index contributed by atoms with van der Waals surface area (Å²) in [6.45, 7) is 3.75. The number of hydrogen-bond acceptors (Lipinski definition) is 3. The van der Waals surface area contributed by atoms with Crippen LogP contribution in [0.25, 0.3) is 0 Å². The Balaban J connectivity index is 2.66. The highest BCUT2D eigenvalue weighted by Gasteiger charge is 2.16. The maximum absolute atomic E-state index is 13.4. The number of halogens is 2. The summed E-state index contributed by atoms with van der Waals surface area (Å²) in [7, 11) is 0. The van der Waals surface area contributed by atoms with Crippen molar-refractivity contribution < 1.29 is 23.5 Å². The first-order chi connectivity index (χ1) is 9.77. The van der Waals surface area contributed by atoms with Crippen molar-refractivity contribution in [3.63, 3.8) is 0 Å². The first-order valence-corrected chi connectivity index (χ1v) is 6.47. The number of carbonyl (C=O) groups excluding carboxylic acids is 1. The van der Waals surface area contributed by atoms with E-state index in [0.717, 1.165) is 12.1 Å². The van der Waals surface area contributed by atoms with E-state index in [2.05, 4.69) is 5.32 Å². The summed E-state index contributed by atoms with van der Waals surface area (Å²) in [6.07, 6.45) is 0. The molecule has 0 aliphatic carbocycles. The third kappa shape index (κ3) is 6.31. The highest BCUT2D eigenvalue weighted by atomic mass is 19.1. The summed E-state index contributed by atoms with van der Waals surface area (Å²) in [5, 5.41) is 11.1. The summed E-state index contributed by atoms with van der Waals surface area (Å²) >= 11 is 0. The smallest absolute Gasteiger partial charge is 0.317 e. The Morgan fingerprint density at radius 1 is 1.29 bits per heavy atom. The van der Waals surface area contributed by atoms with Gasteiger partial charge in [-0.25, -0.2) is 8.78 Å². The van der Waals surface area contributed by atoms with E-state index in [1.54, 1.807) is 0 Å². The lowest BCUT2D eigenvalue weighted by Crippen LogP contribution is -2.39. The van der Waals surface area contributed by atoms with Gasteiger partial charge < -0.3 is 10.4 Å². The monoisotopic (exact) mass is 300 g/mol. The largest absolute Gasteiger partial charge is 0.480 e. The van der Waals surface area contributed by atoms with Gasteiger partial charge in [0, 0.05) is 12.6 Å². The van der Waals surface area contributed by atoms with E-state index >= 15 is 0 Å². The van der Waals surface area contributed by atoms with Gasteiger partial charge in [0.05, 0.1) is 18.8 Å². The van der Waals surface area contributed by atoms with Crippen LogP contribution in [0, 0.1) is 17.6 Å². The molecule has 0 heterocycles. The fourth-order valence-electron chi connectivity index (χ4n) is 1.88. The molecule has 7 heteroatoms. The molecular weight excluding hydrogens is 282 g/mol. The maximum Gasteiger partial charge on any atom is 0.317 e. The fraction of sp³-hybridized carbons (Fsp3) is 0.429. The summed E-state index contributed by atoms with van der Waals surface area (Å²) < 4.78 is 26.2. The SMILES string of the molecule is CC(C)CN(CC(=O)O)CC(=O)Nc1ccc(F)cc1F. The second-order valence-electron chi connectivity index (χ2n) is 5.13. The number of aliphatic carboxylic acids is 1. The van der Waals surface area contributed by atoms with Gasteiger partial charge in [-0.15, -0.1) is 0 Å². The molecule has 0 aromatic heterocycles. The van der Waals surface area contributed by atoms with E-state index in [1.807, 2.05) is 13.8 Å². The molecule has 1 amide bonds. The van der Waals surface area contributed by atoms with Crippen molar-refractivity contribution in [2.45, 2.75) is 13.8 Å². The molecule has 2 N–H and O–H groups in total. The van der Waals surface area contributed by atoms with Gasteiger partial charge in [-0.3, -0.25) is 14.5 Å². The average Bonchev–Trinajstić information content (AvgIpc) is 2.30. The molecule has 0 bridgehead atoms. The minimum Gasteiger partial charge on any atom is -0.480 e. The number of anilines is 1. The summed E-state index contributed by atoms with van der Waals surface area (Å²) in [6, 6.07) is 2.81. The van der Waals surface area contributed by atoms with Crippen LogP contribution in [0.3, 0.4) is 0 Å². The molecular formula is C14H18F2N2O3. The molecule has 0 radical (unpaired) electrons. The summed E-state index contributed by atoms with van der Waals surface area (Å²) in [5.74, 6) is -3.03. The lowest BCUT2D eigenvalue weighted by molar-refractivity contribution is -0.138. The standard InChI is InChI=1S/C14H18F2N2O3/c1-9(2)6-18(8-14(20)21)7-13(19)17-12-4-3-10(15)5-11(12)16/h3-5,9H,6-8H2,1-2H3,(H,17,19)(H,20,21). The molecule has 0 spiro atoms. The van der Waals surface area contributed by atoms with E-state index < -0.39 is 23.5 Å². The number of hydrogen-bond donors (Lipinski definition) is 2. The van der Waals surface area contributed by atoms with Crippen molar-refractivity contribution >= 4 is 17.6 Å². The second kappa shape index (κ2) is 7.68. The van der Waals surface area contributed by atoms with Crippen LogP contribution < -0.4 is 5.32 Å². The van der Waals surface area contributed by atoms with Crippen molar-refractivity contribution in [3.8, 4) is 0 Å². The quantitative estimate of drug-likeness (QED) is 0.807. The van der Waals surface area contributed by atoms with Gasteiger partial charge in [0.15, 0.2) is 0 Å². The van der Waals surface area contributed by atoms with Crippen molar-refractivity contribution in [3.05, 3.63) is 29.8 Å². The van der Waals surface area contributed by atoms with E-state index in [1.165, 1.54) is 4.90 Å². The zero-order valence-corrected chi connectivity index (χ0v) is 11.9. The number of nitrogens with one attached hydrogen (secondary N) is 1. The van der Waals surface area contributed by atoms with Gasteiger partial charge in [0.25, 0.3) is 0 Å². The Morgan fingerprint density at radius 3 is 2.48 bits per heavy atom. The second-order valence-corrected chi connectivity index (χ2v) is 5.13. The van der Waals surface area contributed by atoms with Crippen molar-refractivity contribution in [2.75, 3.05) is 25.0 Å². The Labute approximate surface area is 121 Å². The van der Waals surface area contributed by atoms with Crippen LogP contribution >= 0.6 is 0 Å². The number of amides is 1. The van der Waals surface area contributed by atoms with Gasteiger partial charge in [-0.1, -0.05) is 13.8 Å². The minimum atomic E-state index is -1.04. The molecule has 0 unspecified atom stereocenters. The van der Waals surface area contributed by atoms with E-state index in [0.29, 0.717) is 12.6 Å². The topological polar surface area (TPSA) is 69.6 Å². The minimum absolute atomic E-state index is 0.138. The number of carbonyl (C=O) groups is 2. The van der Waals surface area contributed by atoms with Gasteiger partial charge in [0.1, 0.15) is 11.6 Å². The molecule has 1 rings (SSSR count). The third-order valence-electron chi connectivity index (χ3n) is 2.55. The summed E-state index contributed by atoms with van der Waals surface area (Å²) in [5.41, 5.74) is -0.138. The molecule has 1 aromatic carbocycles. The zero-order chi connectivity index (χ0) is 16.0. The lowest BCUT2D eigenvalue weighted by atomic mass is 10.2. The van der Waals surface area contributed by atoms with Crippen LogP contribution in [0.1, 0.15) is 13.8 Å². The zero-order valence-electron chi connectivity index (χ0n) is 11.9. The van der Waals surface area contributed by atoms with Crippen LogP contribution in [-0.2, 0) is 9.59 Å². The van der Waals surface area contributed by atoms with Gasteiger partial charge in [-0.2, -0.15) is 0 Å². The molecule has 21 heavy (non-hydrogen) atoms. The molecule has 1 aromatic rings. The van der Waals surface area contributed by atoms with E-state index in [9.17, 15) is 18.4 Å². The normalized spacial score (nSPS) is 11.0. The van der Waals surface area contributed by atoms with Crippen LogP contribution in [-0.4, -0.2) is 41.5 Å². The predicted molar refractivity (Wildman–Crippen MR) is 73.9 cm³/mol. The van der Waals surface area contributed by atoms with Gasteiger partial charge in [-0.05, 0) is 18.1 Å². The van der Waals surface area contributed by atoms with Crippen LogP contribution in [0.15, 0.2) is 18.2 Å². The first kappa shape index (κ1) is 17.0. The molecule has 0 aliphatic heterocycles. The number of benzene rings is 1. The van der Waals surface area contributed by atoms with E-state index in [-0.39, 0.29) is 24.7 Å². The van der Waals surface area contributed by atoms with Crippen LogP contribution in [0.5, 0.6) is 0 Å². The number of rotatable bonds is 7. The highest BCUT2D eigenvalue weighted by Crippen LogP contribution is 2.14. The van der Waals surface area contributed by atoms with Crippen molar-refractivity contribution in [1.29, 1.82) is 0 Å². The molecule has 0 fully saturated rings. The third-order valence-corrected chi connectivity index (χ3v) is 2.55. The van der Waals surface area contributed by atoms with Crippen LogP contribution in [0.2, 0.25) is 0 Å². The van der Waals surface area contributed by atoms with Crippen molar-refractivity contribution in [2.24, 2.45) is 5.92 Å². The van der Waals surface area contributed by atoms with Gasteiger partial charge in [0.2, 0.25) is 5.91 Å². The highest BCUT2D eigenvalue weighted by molar-refractivity contribution is 5.92. The molecule has 5 nitrogen and oxygen atoms in total. The lowest BCUT2D eigenvalue weighted by Gasteiger charge is -2.21. The average molecular weight is 300 g/mol. The van der Waals surface area contributed by atoms with Gasteiger partial charge >= 0.3 is 5.97 Å². The maximum atomic E-state index is 13.4. The Morgan fingerprint density at radius 2 is 1.95 bits per heavy atom. The number of nitrogens with zero attached hydrogens (tertiary/aromatic N) is 1. The Bertz CT molecular complexity index is 521. The molecule has 0 saturated heterocycles. The van der Waals surface area contributed by atoms with Crippen LogP contribution in [0.4, 0.5) is 14.5 Å².